The van der Waals surface area contributed by atoms with Crippen molar-refractivity contribution >= 4 is 32.7 Å². The molecule has 1 aliphatic rings. The zero-order chi connectivity index (χ0) is 21.8. The topological polar surface area (TPSA) is 113 Å². The van der Waals surface area contributed by atoms with Gasteiger partial charge in [0.1, 0.15) is 11.4 Å². The first-order valence-electron chi connectivity index (χ1n) is 9.89. The Morgan fingerprint density at radius 3 is 2.55 bits per heavy atom. The van der Waals surface area contributed by atoms with Gasteiger partial charge in [0.15, 0.2) is 11.2 Å². The van der Waals surface area contributed by atoms with Gasteiger partial charge in [0, 0.05) is 45.0 Å². The van der Waals surface area contributed by atoms with E-state index in [4.69, 9.17) is 4.42 Å². The average molecular weight is 442 g/mol. The molecule has 1 N–H and O–H groups in total. The number of hydrogen-bond donors (Lipinski definition) is 1. The van der Waals surface area contributed by atoms with Crippen LogP contribution in [-0.4, -0.2) is 62.1 Å². The van der Waals surface area contributed by atoms with E-state index in [9.17, 15) is 18.0 Å². The number of amides is 1. The van der Waals surface area contributed by atoms with Gasteiger partial charge in [-0.15, -0.1) is 0 Å². The summed E-state index contributed by atoms with van der Waals surface area (Å²) in [5.74, 6) is -0.188. The van der Waals surface area contributed by atoms with E-state index in [1.807, 2.05) is 23.1 Å². The summed E-state index contributed by atoms with van der Waals surface area (Å²) in [6, 6.07) is 13.4. The third-order valence-electron chi connectivity index (χ3n) is 5.11. The van der Waals surface area contributed by atoms with Gasteiger partial charge >= 0.3 is 0 Å². The number of nitrogens with one attached hydrogen (secondary N) is 1. The number of anilines is 1. The van der Waals surface area contributed by atoms with Gasteiger partial charge in [-0.25, -0.2) is 13.4 Å². The van der Waals surface area contributed by atoms with E-state index in [0.717, 1.165) is 11.9 Å². The van der Waals surface area contributed by atoms with Crippen LogP contribution in [0.4, 0.5) is 5.82 Å². The Morgan fingerprint density at radius 1 is 1.06 bits per heavy atom. The summed E-state index contributed by atoms with van der Waals surface area (Å²) < 4.78 is 32.2. The van der Waals surface area contributed by atoms with Crippen LogP contribution in [0.3, 0.4) is 0 Å². The molecule has 31 heavy (non-hydrogen) atoms. The Kier molecular flexibility index (Phi) is 6.01. The average Bonchev–Trinajstić information content (AvgIpc) is 2.79. The summed E-state index contributed by atoms with van der Waals surface area (Å²) in [6.07, 6.45) is 1.71. The number of carbonyl (C=O) groups is 1. The van der Waals surface area contributed by atoms with Crippen molar-refractivity contribution in [2.24, 2.45) is 0 Å². The van der Waals surface area contributed by atoms with Crippen LogP contribution in [0.1, 0.15) is 10.6 Å². The maximum Gasteiger partial charge on any atom is 0.287 e. The molecule has 3 heterocycles. The van der Waals surface area contributed by atoms with Crippen molar-refractivity contribution < 1.29 is 17.6 Å². The van der Waals surface area contributed by atoms with Gasteiger partial charge in [0.05, 0.1) is 11.1 Å². The highest BCUT2D eigenvalue weighted by Gasteiger charge is 2.27. The lowest BCUT2D eigenvalue weighted by Gasteiger charge is -2.34. The molecule has 0 spiro atoms. The summed E-state index contributed by atoms with van der Waals surface area (Å²) in [6.45, 7) is 1.71. The Morgan fingerprint density at radius 2 is 1.81 bits per heavy atom. The zero-order valence-corrected chi connectivity index (χ0v) is 17.5. The van der Waals surface area contributed by atoms with Crippen molar-refractivity contribution in [3.05, 3.63) is 70.7 Å². The van der Waals surface area contributed by atoms with Crippen molar-refractivity contribution in [2.45, 2.75) is 0 Å². The fourth-order valence-corrected chi connectivity index (χ4v) is 4.80. The molecule has 0 saturated carbocycles. The maximum absolute atomic E-state index is 12.6. The molecule has 0 atom stereocenters. The summed E-state index contributed by atoms with van der Waals surface area (Å²) in [4.78, 5) is 30.8. The van der Waals surface area contributed by atoms with Crippen molar-refractivity contribution in [2.75, 3.05) is 43.4 Å². The van der Waals surface area contributed by atoms with Gasteiger partial charge in [0.2, 0.25) is 10.0 Å². The molecule has 10 heteroatoms. The number of carbonyl (C=O) groups excluding carboxylic acids is 1. The highest BCUT2D eigenvalue weighted by molar-refractivity contribution is 7.89. The Labute approximate surface area is 179 Å². The first-order chi connectivity index (χ1) is 14.9. The fourth-order valence-electron chi connectivity index (χ4n) is 3.46. The van der Waals surface area contributed by atoms with Crippen molar-refractivity contribution in [3.8, 4) is 0 Å². The van der Waals surface area contributed by atoms with Crippen LogP contribution in [0.15, 0.2) is 63.9 Å². The molecule has 2 aromatic heterocycles. The molecule has 0 radical (unpaired) electrons. The van der Waals surface area contributed by atoms with E-state index in [1.165, 1.54) is 4.31 Å². The highest BCUT2D eigenvalue weighted by atomic mass is 32.2. The summed E-state index contributed by atoms with van der Waals surface area (Å²) >= 11 is 0. The first kappa shape index (κ1) is 21.0. The molecule has 162 valence electrons. The summed E-state index contributed by atoms with van der Waals surface area (Å²) in [7, 11) is -3.53. The molecule has 3 aromatic rings. The number of benzene rings is 1. The number of hydrogen-bond acceptors (Lipinski definition) is 7. The van der Waals surface area contributed by atoms with Crippen LogP contribution in [0, 0.1) is 0 Å². The molecular formula is C21H22N4O5S. The number of para-hydroxylation sites is 1. The minimum Gasteiger partial charge on any atom is -0.451 e. The lowest BCUT2D eigenvalue weighted by Crippen LogP contribution is -2.50. The van der Waals surface area contributed by atoms with Gasteiger partial charge in [-0.2, -0.15) is 4.31 Å². The van der Waals surface area contributed by atoms with Crippen LogP contribution in [0.2, 0.25) is 0 Å². The van der Waals surface area contributed by atoms with Crippen LogP contribution in [0.25, 0.3) is 11.0 Å². The van der Waals surface area contributed by atoms with Gasteiger partial charge in [-0.3, -0.25) is 9.59 Å². The molecule has 1 aromatic carbocycles. The molecule has 0 unspecified atom stereocenters. The number of rotatable bonds is 6. The molecular weight excluding hydrogens is 420 g/mol. The van der Waals surface area contributed by atoms with E-state index >= 15 is 0 Å². The van der Waals surface area contributed by atoms with Crippen molar-refractivity contribution in [3.63, 3.8) is 0 Å². The van der Waals surface area contributed by atoms with E-state index in [1.54, 1.807) is 30.5 Å². The van der Waals surface area contributed by atoms with Crippen LogP contribution >= 0.6 is 0 Å². The SMILES string of the molecule is O=C(NCCS(=O)(=O)N1CCN(c2ccccn2)CC1)c1cc(=O)c2ccccc2o1. The van der Waals surface area contributed by atoms with E-state index in [2.05, 4.69) is 10.3 Å². The normalized spacial score (nSPS) is 15.2. The third kappa shape index (κ3) is 4.75. The lowest BCUT2D eigenvalue weighted by atomic mass is 10.2. The maximum atomic E-state index is 12.6. The molecule has 0 bridgehead atoms. The predicted octanol–water partition coefficient (Wildman–Crippen LogP) is 1.07. The highest BCUT2D eigenvalue weighted by Crippen LogP contribution is 2.15. The molecule has 1 saturated heterocycles. The summed E-state index contributed by atoms with van der Waals surface area (Å²) in [5, 5.41) is 2.90. The molecule has 1 fully saturated rings. The number of aromatic nitrogens is 1. The second-order valence-corrected chi connectivity index (χ2v) is 9.21. The van der Waals surface area contributed by atoms with Crippen molar-refractivity contribution in [1.82, 2.24) is 14.6 Å². The summed E-state index contributed by atoms with van der Waals surface area (Å²) in [5.41, 5.74) is -0.0241. The minimum absolute atomic E-state index is 0.0852. The van der Waals surface area contributed by atoms with Crippen LogP contribution in [-0.2, 0) is 10.0 Å². The molecule has 1 aliphatic heterocycles. The van der Waals surface area contributed by atoms with Crippen LogP contribution in [0.5, 0.6) is 0 Å². The van der Waals surface area contributed by atoms with E-state index in [0.29, 0.717) is 37.1 Å². The minimum atomic E-state index is -3.53. The molecule has 4 rings (SSSR count). The smallest absolute Gasteiger partial charge is 0.287 e. The number of pyridine rings is 1. The van der Waals surface area contributed by atoms with E-state index in [-0.39, 0.29) is 23.5 Å². The number of piperazine rings is 1. The quantitative estimate of drug-likeness (QED) is 0.608. The first-order valence-corrected chi connectivity index (χ1v) is 11.5. The van der Waals surface area contributed by atoms with Gasteiger partial charge in [-0.1, -0.05) is 18.2 Å². The Balaban J connectivity index is 1.32. The Hall–Kier alpha value is -3.24. The second kappa shape index (κ2) is 8.86. The van der Waals surface area contributed by atoms with E-state index < -0.39 is 15.9 Å². The molecule has 1 amide bonds. The van der Waals surface area contributed by atoms with Gasteiger partial charge in [0.25, 0.3) is 5.91 Å². The monoisotopic (exact) mass is 442 g/mol. The standard InChI is InChI=1S/C21H22N4O5S/c26-17-15-19(30-18-6-2-1-5-16(17)18)21(27)23-9-14-31(28,29)25-12-10-24(11-13-25)20-7-3-4-8-22-20/h1-8,15H,9-14H2,(H,23,27). The fraction of sp³-hybridized carbons (Fsp3) is 0.286. The largest absolute Gasteiger partial charge is 0.451 e. The van der Waals surface area contributed by atoms with Crippen LogP contribution < -0.4 is 15.6 Å². The third-order valence-corrected chi connectivity index (χ3v) is 6.98. The van der Waals surface area contributed by atoms with Gasteiger partial charge < -0.3 is 14.6 Å². The zero-order valence-electron chi connectivity index (χ0n) is 16.7. The Bertz CT molecular complexity index is 1240. The number of nitrogens with zero attached hydrogens (tertiary/aromatic N) is 3. The molecule has 0 aliphatic carbocycles. The lowest BCUT2D eigenvalue weighted by molar-refractivity contribution is 0.0929. The second-order valence-electron chi connectivity index (χ2n) is 7.12. The van der Waals surface area contributed by atoms with Gasteiger partial charge in [-0.05, 0) is 24.3 Å². The number of sulfonamides is 1. The molecule has 9 nitrogen and oxygen atoms in total. The predicted molar refractivity (Wildman–Crippen MR) is 117 cm³/mol. The van der Waals surface area contributed by atoms with Crippen molar-refractivity contribution in [1.29, 1.82) is 0 Å². The number of fused-ring (bicyclic) bond motifs is 1.